The van der Waals surface area contributed by atoms with Gasteiger partial charge in [-0.2, -0.15) is 0 Å². The molecule has 0 aliphatic rings. The topological polar surface area (TPSA) is 26.3 Å². The minimum Gasteiger partial charge on any atom is -0.462 e. The first-order valence-electron chi connectivity index (χ1n) is 3.58. The Labute approximate surface area is 67.6 Å². The van der Waals surface area contributed by atoms with E-state index in [4.69, 9.17) is 4.74 Å². The lowest BCUT2D eigenvalue weighted by Gasteiger charge is -2.00. The van der Waals surface area contributed by atoms with E-state index in [0.29, 0.717) is 12.2 Å². The average Bonchev–Trinajstić information content (AvgIpc) is 1.86. The van der Waals surface area contributed by atoms with Gasteiger partial charge in [0, 0.05) is 0 Å². The van der Waals surface area contributed by atoms with Crippen LogP contribution in [0.25, 0.3) is 0 Å². The predicted octanol–water partition coefficient (Wildman–Crippen LogP) is 2.07. The van der Waals surface area contributed by atoms with E-state index in [9.17, 15) is 4.79 Å². The summed E-state index contributed by atoms with van der Waals surface area (Å²) in [4.78, 5) is 10.9. The Morgan fingerprint density at radius 1 is 1.55 bits per heavy atom. The van der Waals surface area contributed by atoms with Gasteiger partial charge in [0.25, 0.3) is 0 Å². The zero-order chi connectivity index (χ0) is 8.85. The smallest absolute Gasteiger partial charge is 0.337 e. The number of hydrogen-bond acceptors (Lipinski definition) is 2. The van der Waals surface area contributed by atoms with Crippen LogP contribution in [0.3, 0.4) is 0 Å². The molecule has 0 spiro atoms. The van der Waals surface area contributed by atoms with E-state index in [0.717, 1.165) is 5.57 Å². The quantitative estimate of drug-likeness (QED) is 0.353. The first kappa shape index (κ1) is 9.95. The van der Waals surface area contributed by atoms with Gasteiger partial charge in [0.05, 0.1) is 12.2 Å². The van der Waals surface area contributed by atoms with Gasteiger partial charge in [-0.25, -0.2) is 4.79 Å². The highest BCUT2D eigenvalue weighted by atomic mass is 16.5. The van der Waals surface area contributed by atoms with E-state index in [1.165, 1.54) is 0 Å². The molecule has 0 aromatic heterocycles. The molecule has 0 aliphatic heterocycles. The lowest BCUT2D eigenvalue weighted by molar-refractivity contribution is -0.138. The van der Waals surface area contributed by atoms with Crippen LogP contribution < -0.4 is 0 Å². The van der Waals surface area contributed by atoms with Crippen molar-refractivity contribution in [3.63, 3.8) is 0 Å². The molecule has 0 fully saturated rings. The van der Waals surface area contributed by atoms with Crippen LogP contribution in [0.1, 0.15) is 20.8 Å². The Bertz CT molecular complexity index is 186. The summed E-state index contributed by atoms with van der Waals surface area (Å²) in [5.74, 6) is -0.339. The van der Waals surface area contributed by atoms with Crippen LogP contribution >= 0.6 is 0 Å². The van der Waals surface area contributed by atoms with E-state index in [1.807, 2.05) is 13.8 Å². The summed E-state index contributed by atoms with van der Waals surface area (Å²) < 4.78 is 4.72. The fourth-order valence-electron chi connectivity index (χ4n) is 0.631. The molecule has 0 unspecified atom stereocenters. The van der Waals surface area contributed by atoms with Crippen LogP contribution in [0, 0.1) is 0 Å². The number of hydrogen-bond donors (Lipinski definition) is 0. The summed E-state index contributed by atoms with van der Waals surface area (Å²) in [7, 11) is 0. The van der Waals surface area contributed by atoms with Crippen molar-refractivity contribution in [1.29, 1.82) is 0 Å². The number of esters is 1. The average molecular weight is 154 g/mol. The Morgan fingerprint density at radius 2 is 2.09 bits per heavy atom. The fraction of sp³-hybridized carbons (Fsp3) is 0.444. The zero-order valence-corrected chi connectivity index (χ0v) is 7.31. The molecular formula is C9H14O2. The van der Waals surface area contributed by atoms with E-state index >= 15 is 0 Å². The molecule has 0 saturated carbocycles. The number of rotatable bonds is 3. The summed E-state index contributed by atoms with van der Waals surface area (Å²) in [6.07, 6.45) is 1.71. The van der Waals surface area contributed by atoms with Crippen LogP contribution in [0.4, 0.5) is 0 Å². The highest BCUT2D eigenvalue weighted by molar-refractivity contribution is 5.90. The zero-order valence-electron chi connectivity index (χ0n) is 7.31. The SMILES string of the molecule is C=C(C=C(C)C)C(=O)OCC. The Balaban J connectivity index is 4.05. The maximum atomic E-state index is 10.9. The van der Waals surface area contributed by atoms with Crippen LogP contribution in [0.15, 0.2) is 23.8 Å². The molecule has 11 heavy (non-hydrogen) atoms. The van der Waals surface area contributed by atoms with Gasteiger partial charge in [-0.05, 0) is 26.8 Å². The Morgan fingerprint density at radius 3 is 2.45 bits per heavy atom. The summed E-state index contributed by atoms with van der Waals surface area (Å²) in [6.45, 7) is 9.55. The van der Waals surface area contributed by atoms with Crippen molar-refractivity contribution < 1.29 is 9.53 Å². The molecule has 0 saturated heterocycles. The predicted molar refractivity (Wildman–Crippen MR) is 45.2 cm³/mol. The number of carbonyl (C=O) groups is 1. The fourth-order valence-corrected chi connectivity index (χ4v) is 0.631. The molecule has 0 bridgehead atoms. The van der Waals surface area contributed by atoms with Gasteiger partial charge in [-0.3, -0.25) is 0 Å². The van der Waals surface area contributed by atoms with E-state index in [1.54, 1.807) is 13.0 Å². The molecule has 62 valence electrons. The molecule has 0 N–H and O–H groups in total. The van der Waals surface area contributed by atoms with Gasteiger partial charge < -0.3 is 4.74 Å². The van der Waals surface area contributed by atoms with E-state index < -0.39 is 0 Å². The number of carbonyl (C=O) groups excluding carboxylic acids is 1. The lowest BCUT2D eigenvalue weighted by atomic mass is 10.2. The van der Waals surface area contributed by atoms with E-state index in [2.05, 4.69) is 6.58 Å². The largest absolute Gasteiger partial charge is 0.462 e. The molecule has 0 aliphatic carbocycles. The first-order chi connectivity index (χ1) is 5.07. The summed E-state index contributed by atoms with van der Waals surface area (Å²) >= 11 is 0. The molecule has 0 aromatic carbocycles. The Kier molecular flexibility index (Phi) is 4.27. The second kappa shape index (κ2) is 4.72. The van der Waals surface area contributed by atoms with E-state index in [-0.39, 0.29) is 5.97 Å². The van der Waals surface area contributed by atoms with Crippen molar-refractivity contribution in [3.05, 3.63) is 23.8 Å². The third-order valence-corrected chi connectivity index (χ3v) is 1.00. The van der Waals surface area contributed by atoms with Gasteiger partial charge in [0.1, 0.15) is 0 Å². The van der Waals surface area contributed by atoms with Crippen molar-refractivity contribution in [1.82, 2.24) is 0 Å². The summed E-state index contributed by atoms with van der Waals surface area (Å²) in [5, 5.41) is 0. The van der Waals surface area contributed by atoms with Crippen molar-refractivity contribution in [2.24, 2.45) is 0 Å². The molecule has 0 heterocycles. The van der Waals surface area contributed by atoms with Gasteiger partial charge in [-0.1, -0.05) is 12.2 Å². The van der Waals surface area contributed by atoms with Crippen LogP contribution in [-0.2, 0) is 9.53 Å². The highest BCUT2D eigenvalue weighted by Gasteiger charge is 2.02. The summed E-state index contributed by atoms with van der Waals surface area (Å²) in [6, 6.07) is 0. The molecule has 0 atom stereocenters. The second-order valence-corrected chi connectivity index (χ2v) is 2.47. The summed E-state index contributed by atoms with van der Waals surface area (Å²) in [5.41, 5.74) is 1.45. The first-order valence-corrected chi connectivity index (χ1v) is 3.58. The molecule has 2 heteroatoms. The third kappa shape index (κ3) is 4.37. The minimum absolute atomic E-state index is 0.339. The number of allylic oxidation sites excluding steroid dienone is 1. The van der Waals surface area contributed by atoms with Gasteiger partial charge >= 0.3 is 5.97 Å². The Hall–Kier alpha value is -1.05. The molecule has 0 rings (SSSR count). The maximum absolute atomic E-state index is 10.9. The molecule has 0 aromatic rings. The van der Waals surface area contributed by atoms with Crippen molar-refractivity contribution in [2.75, 3.05) is 6.61 Å². The minimum atomic E-state index is -0.339. The van der Waals surface area contributed by atoms with Crippen LogP contribution in [0.2, 0.25) is 0 Å². The van der Waals surface area contributed by atoms with Gasteiger partial charge in [-0.15, -0.1) is 0 Å². The second-order valence-electron chi connectivity index (χ2n) is 2.47. The third-order valence-electron chi connectivity index (χ3n) is 1.00. The van der Waals surface area contributed by atoms with Crippen LogP contribution in [-0.4, -0.2) is 12.6 Å². The molecular weight excluding hydrogens is 140 g/mol. The van der Waals surface area contributed by atoms with Gasteiger partial charge in [0.15, 0.2) is 0 Å². The normalized spacial score (nSPS) is 8.64. The van der Waals surface area contributed by atoms with Crippen molar-refractivity contribution in [3.8, 4) is 0 Å². The molecule has 0 amide bonds. The highest BCUT2D eigenvalue weighted by Crippen LogP contribution is 2.00. The van der Waals surface area contributed by atoms with Crippen molar-refractivity contribution in [2.45, 2.75) is 20.8 Å². The standard InChI is InChI=1S/C9H14O2/c1-5-11-9(10)8(4)6-7(2)3/h6H,4-5H2,1-3H3. The molecule has 0 radical (unpaired) electrons. The maximum Gasteiger partial charge on any atom is 0.337 e. The lowest BCUT2D eigenvalue weighted by Crippen LogP contribution is -2.04. The monoisotopic (exact) mass is 154 g/mol. The van der Waals surface area contributed by atoms with Crippen LogP contribution in [0.5, 0.6) is 0 Å². The number of ether oxygens (including phenoxy) is 1. The van der Waals surface area contributed by atoms with Crippen molar-refractivity contribution >= 4 is 5.97 Å². The van der Waals surface area contributed by atoms with Gasteiger partial charge in [0.2, 0.25) is 0 Å². The molecule has 2 nitrogen and oxygen atoms in total.